The van der Waals surface area contributed by atoms with Gasteiger partial charge in [0.05, 0.1) is 0 Å². The zero-order valence-corrected chi connectivity index (χ0v) is 14.5. The largest absolute Gasteiger partial charge is 0.265 e. The third-order valence-electron chi connectivity index (χ3n) is 1.73. The van der Waals surface area contributed by atoms with Crippen LogP contribution in [0.5, 0.6) is 0 Å². The first-order chi connectivity index (χ1) is 9.67. The molecule has 0 fully saturated rings. The summed E-state index contributed by atoms with van der Waals surface area (Å²) >= 11 is 11.8. The van der Waals surface area contributed by atoms with Gasteiger partial charge in [0.25, 0.3) is 0 Å². The predicted octanol–water partition coefficient (Wildman–Crippen LogP) is 6.05. The van der Waals surface area contributed by atoms with E-state index in [1.54, 1.807) is 37.5 Å². The van der Waals surface area contributed by atoms with Crippen LogP contribution < -0.4 is 0 Å². The molecule has 0 unspecified atom stereocenters. The summed E-state index contributed by atoms with van der Waals surface area (Å²) in [5.74, 6) is 0. The van der Waals surface area contributed by atoms with Crippen LogP contribution in [0.25, 0.3) is 0 Å². The molecule has 1 heterocycles. The van der Waals surface area contributed by atoms with Crippen LogP contribution in [-0.2, 0) is 13.1 Å². The van der Waals surface area contributed by atoms with Gasteiger partial charge in [0.15, 0.2) is 0 Å². The molecule has 1 aromatic heterocycles. The number of para-hydroxylation sites is 1. The maximum Gasteiger partial charge on any atom is 0.0267 e. The smallest absolute Gasteiger partial charge is 0.0267 e. The standard InChI is InChI=1S/C8H6Cl2N.C5H5N.2ClH.Fe/c1-2-11-8-6(9)4-3-5-7(8)10;1-2-4-6-5-3-1;;;/h3-5H,1H3;1-5H;2*1H;/q-1;;;;+3/p-2. The van der Waals surface area contributed by atoms with Crippen molar-refractivity contribution >= 4 is 55.3 Å². The summed E-state index contributed by atoms with van der Waals surface area (Å²) in [5.41, 5.74) is 0.582. The molecule has 0 aliphatic rings. The van der Waals surface area contributed by atoms with Gasteiger partial charge >= 0.3 is 33.3 Å². The van der Waals surface area contributed by atoms with Crippen molar-refractivity contribution in [3.05, 3.63) is 58.8 Å². The summed E-state index contributed by atoms with van der Waals surface area (Å²) in [6, 6.07) is 11.0. The molecule has 7 heteroatoms. The molecule has 0 atom stereocenters. The van der Waals surface area contributed by atoms with Crippen LogP contribution in [0.2, 0.25) is 10.0 Å². The van der Waals surface area contributed by atoms with Crippen molar-refractivity contribution in [3.8, 4) is 0 Å². The van der Waals surface area contributed by atoms with E-state index in [0.29, 0.717) is 15.7 Å². The molecule has 0 spiro atoms. The van der Waals surface area contributed by atoms with Crippen molar-refractivity contribution in [3.63, 3.8) is 0 Å². The van der Waals surface area contributed by atoms with E-state index in [2.05, 4.69) is 16.2 Å². The zero-order valence-electron chi connectivity index (χ0n) is 10.4. The van der Waals surface area contributed by atoms with Gasteiger partial charge in [-0.05, 0) is 22.2 Å². The normalized spacial score (nSPS) is 9.25. The Hall–Kier alpha value is -0.281. The van der Waals surface area contributed by atoms with Gasteiger partial charge in [0.2, 0.25) is 0 Å². The Bertz CT molecular complexity index is 448. The summed E-state index contributed by atoms with van der Waals surface area (Å²) in [6.45, 7) is 1.69. The van der Waals surface area contributed by atoms with Crippen molar-refractivity contribution < 1.29 is 13.1 Å². The fourth-order valence-corrected chi connectivity index (χ4v) is 1.50. The maximum absolute atomic E-state index is 5.79. The van der Waals surface area contributed by atoms with Gasteiger partial charge in [-0.3, -0.25) is 4.98 Å². The van der Waals surface area contributed by atoms with Gasteiger partial charge in [-0.1, -0.05) is 30.0 Å². The summed E-state index contributed by atoms with van der Waals surface area (Å²) < 4.78 is 0. The Labute approximate surface area is 143 Å². The third-order valence-corrected chi connectivity index (χ3v) is 2.34. The van der Waals surface area contributed by atoms with Crippen LogP contribution in [0.3, 0.4) is 0 Å². The monoisotopic (exact) mass is 391 g/mol. The quantitative estimate of drug-likeness (QED) is 0.329. The first-order valence-electron chi connectivity index (χ1n) is 5.19. The summed E-state index contributed by atoms with van der Waals surface area (Å²) in [5, 5.41) is 1.10. The zero-order chi connectivity index (χ0) is 15.2. The molecule has 2 rings (SSSR count). The molecule has 0 bridgehead atoms. The van der Waals surface area contributed by atoms with Gasteiger partial charge in [0.1, 0.15) is 0 Å². The van der Waals surface area contributed by atoms with E-state index >= 15 is 0 Å². The minimum absolute atomic E-state index is 0.194. The van der Waals surface area contributed by atoms with E-state index in [-0.39, 0.29) is 13.1 Å². The van der Waals surface area contributed by atoms with Gasteiger partial charge < -0.3 is 4.99 Å². The van der Waals surface area contributed by atoms with Gasteiger partial charge in [-0.25, -0.2) is 0 Å². The maximum atomic E-state index is 5.79. The van der Waals surface area contributed by atoms with Crippen molar-refractivity contribution in [2.45, 2.75) is 6.92 Å². The second kappa shape index (κ2) is 13.7. The molecule has 109 valence electrons. The Morgan fingerprint density at radius 3 is 1.80 bits per heavy atom. The summed E-state index contributed by atoms with van der Waals surface area (Å²) in [7, 11) is 9.53. The minimum atomic E-state index is 0.194. The molecular formula is C13H11Cl4FeN2. The van der Waals surface area contributed by atoms with Crippen LogP contribution in [0.15, 0.2) is 53.8 Å². The van der Waals surface area contributed by atoms with Crippen molar-refractivity contribution in [2.75, 3.05) is 0 Å². The molecule has 0 N–H and O–H groups in total. The van der Waals surface area contributed by atoms with Gasteiger partial charge in [0, 0.05) is 12.4 Å². The first kappa shape index (κ1) is 19.7. The Balaban J connectivity index is 0.000000336. The number of aliphatic imine (C=N–C) groups is 1. The minimum Gasteiger partial charge on any atom is -0.265 e. The van der Waals surface area contributed by atoms with Crippen LogP contribution >= 0.6 is 43.4 Å². The Kier molecular flexibility index (Phi) is 13.5. The van der Waals surface area contributed by atoms with E-state index in [9.17, 15) is 0 Å². The van der Waals surface area contributed by atoms with E-state index in [1.807, 2.05) is 18.2 Å². The molecule has 0 aliphatic carbocycles. The summed E-state index contributed by atoms with van der Waals surface area (Å²) in [4.78, 5) is 7.68. The first-order valence-corrected chi connectivity index (χ1v) is 8.98. The molecule has 0 saturated heterocycles. The third kappa shape index (κ3) is 9.60. The fourth-order valence-electron chi connectivity index (χ4n) is 1.02. The number of benzene rings is 1. The summed E-state index contributed by atoms with van der Waals surface area (Å²) in [6.07, 6.45) is 6.12. The molecule has 0 saturated carbocycles. The number of nitrogens with zero attached hydrogens (tertiary/aromatic N) is 2. The van der Waals surface area contributed by atoms with Crippen LogP contribution in [0, 0.1) is 0 Å². The van der Waals surface area contributed by atoms with Gasteiger partial charge in [-0.15, -0.1) is 30.1 Å². The molecule has 20 heavy (non-hydrogen) atoms. The number of aromatic nitrogens is 1. The van der Waals surface area contributed by atoms with Crippen molar-refractivity contribution in [1.29, 1.82) is 0 Å². The van der Waals surface area contributed by atoms with E-state index < -0.39 is 0 Å². The van der Waals surface area contributed by atoms with Crippen LogP contribution in [-0.4, -0.2) is 11.2 Å². The average Bonchev–Trinajstić information content (AvgIpc) is 2.47. The molecule has 0 amide bonds. The van der Waals surface area contributed by atoms with Crippen molar-refractivity contribution in [1.82, 2.24) is 4.98 Å². The molecule has 1 aromatic carbocycles. The van der Waals surface area contributed by atoms with E-state index in [4.69, 9.17) is 43.4 Å². The Morgan fingerprint density at radius 1 is 1.00 bits per heavy atom. The van der Waals surface area contributed by atoms with E-state index in [0.717, 1.165) is 0 Å². The SMILES string of the molecule is C[C-]=Nc1c(Cl)cccc1Cl.[Cl][Fe+][Cl].c1ccncc1. The average molecular weight is 393 g/mol. The second-order valence-electron chi connectivity index (χ2n) is 2.98. The molecule has 0 aliphatic heterocycles. The number of pyridine rings is 1. The fraction of sp³-hybridized carbons (Fsp3) is 0.0769. The molecule has 0 radical (unpaired) electrons. The second-order valence-corrected chi connectivity index (χ2v) is 5.62. The molecule has 2 nitrogen and oxygen atoms in total. The molecular weight excluding hydrogens is 382 g/mol. The van der Waals surface area contributed by atoms with E-state index in [1.165, 1.54) is 0 Å². The van der Waals surface area contributed by atoms with Crippen molar-refractivity contribution in [2.24, 2.45) is 4.99 Å². The topological polar surface area (TPSA) is 25.2 Å². The number of hydrogen-bond acceptors (Lipinski definition) is 2. The number of hydrogen-bond donors (Lipinski definition) is 0. The van der Waals surface area contributed by atoms with Crippen LogP contribution in [0.1, 0.15) is 6.92 Å². The Morgan fingerprint density at radius 2 is 1.50 bits per heavy atom. The number of halogens is 4. The number of rotatable bonds is 1. The predicted molar refractivity (Wildman–Crippen MR) is 85.2 cm³/mol. The van der Waals surface area contributed by atoms with Gasteiger partial charge in [-0.2, -0.15) is 6.21 Å². The van der Waals surface area contributed by atoms with Crippen LogP contribution in [0.4, 0.5) is 5.69 Å². The molecule has 2 aromatic rings.